The van der Waals surface area contributed by atoms with E-state index in [0.29, 0.717) is 18.0 Å². The first-order valence-electron chi connectivity index (χ1n) is 9.21. The summed E-state index contributed by atoms with van der Waals surface area (Å²) in [7, 11) is -3.84. The van der Waals surface area contributed by atoms with Crippen LogP contribution in [0.2, 0.25) is 0 Å². The van der Waals surface area contributed by atoms with Crippen LogP contribution in [0.1, 0.15) is 5.56 Å². The number of hydrogen-bond donors (Lipinski definition) is 1. The molecule has 1 heterocycles. The second-order valence-corrected chi connectivity index (χ2v) is 8.49. The Kier molecular flexibility index (Phi) is 5.22. The molecule has 1 atom stereocenters. The van der Waals surface area contributed by atoms with Crippen molar-refractivity contribution in [2.45, 2.75) is 17.5 Å². The number of nitrogens with zero attached hydrogens (tertiary/aromatic N) is 1. The van der Waals surface area contributed by atoms with Crippen LogP contribution in [0.25, 0.3) is 0 Å². The van der Waals surface area contributed by atoms with Crippen LogP contribution in [0.15, 0.2) is 89.8 Å². The van der Waals surface area contributed by atoms with E-state index in [1.54, 1.807) is 42.5 Å². The average Bonchev–Trinajstić information content (AvgIpc) is 2.78. The van der Waals surface area contributed by atoms with Gasteiger partial charge in [0, 0.05) is 6.54 Å². The Balaban J connectivity index is 1.60. The zero-order valence-electron chi connectivity index (χ0n) is 15.6. The number of para-hydroxylation sites is 2. The number of nitrogens with one attached hydrogen (secondary N) is 1. The molecule has 0 bridgehead atoms. The highest BCUT2D eigenvalue weighted by atomic mass is 32.2. The van der Waals surface area contributed by atoms with Crippen molar-refractivity contribution >= 4 is 21.6 Å². The van der Waals surface area contributed by atoms with Gasteiger partial charge < -0.3 is 10.1 Å². The minimum absolute atomic E-state index is 0.102. The van der Waals surface area contributed by atoms with Crippen LogP contribution in [0, 0.1) is 0 Å². The summed E-state index contributed by atoms with van der Waals surface area (Å²) in [5.74, 6) is -0.00487. The Bertz CT molecular complexity index is 1100. The van der Waals surface area contributed by atoms with E-state index in [2.05, 4.69) is 5.32 Å². The Labute approximate surface area is 169 Å². The summed E-state index contributed by atoms with van der Waals surface area (Å²) in [5.41, 5.74) is 1.37. The topological polar surface area (TPSA) is 75.7 Å². The predicted molar refractivity (Wildman–Crippen MR) is 110 cm³/mol. The lowest BCUT2D eigenvalue weighted by Crippen LogP contribution is -2.50. The molecule has 0 aromatic heterocycles. The third-order valence-corrected chi connectivity index (χ3v) is 6.46. The smallest absolute Gasteiger partial charge is 0.264 e. The number of benzene rings is 3. The largest absolute Gasteiger partial charge is 0.476 e. The van der Waals surface area contributed by atoms with E-state index in [1.807, 2.05) is 30.3 Å². The zero-order valence-corrected chi connectivity index (χ0v) is 16.4. The van der Waals surface area contributed by atoms with E-state index in [1.165, 1.54) is 16.4 Å². The van der Waals surface area contributed by atoms with Crippen molar-refractivity contribution in [1.29, 1.82) is 0 Å². The summed E-state index contributed by atoms with van der Waals surface area (Å²) in [4.78, 5) is 12.9. The molecular weight excluding hydrogens is 388 g/mol. The molecule has 0 fully saturated rings. The first kappa shape index (κ1) is 19.0. The molecule has 148 valence electrons. The van der Waals surface area contributed by atoms with E-state index in [9.17, 15) is 13.2 Å². The number of carbonyl (C=O) groups excluding carboxylic acids is 1. The fourth-order valence-electron chi connectivity index (χ4n) is 3.18. The molecule has 1 aliphatic heterocycles. The molecule has 1 amide bonds. The van der Waals surface area contributed by atoms with Crippen molar-refractivity contribution in [3.8, 4) is 5.75 Å². The quantitative estimate of drug-likeness (QED) is 0.704. The Hall–Kier alpha value is -3.32. The van der Waals surface area contributed by atoms with Gasteiger partial charge in [-0.2, -0.15) is 0 Å². The van der Waals surface area contributed by atoms with Crippen LogP contribution in [0.5, 0.6) is 5.75 Å². The lowest BCUT2D eigenvalue weighted by atomic mass is 10.2. The van der Waals surface area contributed by atoms with E-state index in [-0.39, 0.29) is 17.3 Å². The highest BCUT2D eigenvalue weighted by Crippen LogP contribution is 2.36. The van der Waals surface area contributed by atoms with Crippen LogP contribution >= 0.6 is 0 Å². The van der Waals surface area contributed by atoms with Gasteiger partial charge in [-0.3, -0.25) is 9.10 Å². The first-order valence-corrected chi connectivity index (χ1v) is 10.6. The number of amides is 1. The van der Waals surface area contributed by atoms with E-state index >= 15 is 0 Å². The van der Waals surface area contributed by atoms with Crippen LogP contribution in [0.3, 0.4) is 0 Å². The molecule has 3 aromatic rings. The van der Waals surface area contributed by atoms with Crippen molar-refractivity contribution in [1.82, 2.24) is 5.32 Å². The molecule has 3 aromatic carbocycles. The average molecular weight is 408 g/mol. The van der Waals surface area contributed by atoms with Crippen molar-refractivity contribution in [3.05, 3.63) is 90.5 Å². The second-order valence-electron chi connectivity index (χ2n) is 6.63. The minimum atomic E-state index is -3.84. The molecular formula is C22H20N2O4S. The van der Waals surface area contributed by atoms with Crippen LogP contribution in [-0.2, 0) is 21.4 Å². The van der Waals surface area contributed by atoms with Crippen molar-refractivity contribution in [3.63, 3.8) is 0 Å². The normalized spacial score (nSPS) is 15.9. The molecule has 29 heavy (non-hydrogen) atoms. The van der Waals surface area contributed by atoms with Gasteiger partial charge in [0.05, 0.1) is 17.1 Å². The van der Waals surface area contributed by atoms with Crippen LogP contribution in [-0.4, -0.2) is 27.0 Å². The van der Waals surface area contributed by atoms with E-state index < -0.39 is 16.1 Å². The molecule has 1 N–H and O–H groups in total. The molecule has 0 saturated carbocycles. The van der Waals surface area contributed by atoms with Crippen molar-refractivity contribution in [2.75, 3.05) is 10.8 Å². The van der Waals surface area contributed by atoms with E-state index in [0.717, 1.165) is 5.56 Å². The fourth-order valence-corrected chi connectivity index (χ4v) is 4.68. The van der Waals surface area contributed by atoms with Crippen LogP contribution < -0.4 is 14.4 Å². The second kappa shape index (κ2) is 7.97. The lowest BCUT2D eigenvalue weighted by molar-refractivity contribution is -0.127. The predicted octanol–water partition coefficient (Wildman–Crippen LogP) is 2.96. The number of anilines is 1. The van der Waals surface area contributed by atoms with Gasteiger partial charge in [0.25, 0.3) is 15.9 Å². The standard InChI is InChI=1S/C22H20N2O4S/c25-22(23-15-17-9-3-1-4-10-17)21-16-24(19-13-7-8-14-20(19)28-21)29(26,27)18-11-5-2-6-12-18/h1-14,21H,15-16H2,(H,23,25)/t21-/m0/s1. The van der Waals surface area contributed by atoms with E-state index in [4.69, 9.17) is 4.74 Å². The number of rotatable bonds is 5. The molecule has 0 saturated heterocycles. The maximum atomic E-state index is 13.2. The number of sulfonamides is 1. The molecule has 6 nitrogen and oxygen atoms in total. The van der Waals surface area contributed by atoms with Gasteiger partial charge in [0.1, 0.15) is 5.75 Å². The maximum Gasteiger partial charge on any atom is 0.264 e. The SMILES string of the molecule is O=C(NCc1ccccc1)[C@@H]1CN(S(=O)(=O)c2ccccc2)c2ccccc2O1. The lowest BCUT2D eigenvalue weighted by Gasteiger charge is -2.34. The zero-order chi connectivity index (χ0) is 20.3. The third kappa shape index (κ3) is 3.95. The molecule has 1 aliphatic rings. The minimum Gasteiger partial charge on any atom is -0.476 e. The molecule has 0 aliphatic carbocycles. The highest BCUT2D eigenvalue weighted by molar-refractivity contribution is 7.92. The van der Waals surface area contributed by atoms with Gasteiger partial charge >= 0.3 is 0 Å². The monoisotopic (exact) mass is 408 g/mol. The van der Waals surface area contributed by atoms with Crippen LogP contribution in [0.4, 0.5) is 5.69 Å². The molecule has 4 rings (SSSR count). The third-order valence-electron chi connectivity index (χ3n) is 4.67. The van der Waals surface area contributed by atoms with Gasteiger partial charge in [-0.15, -0.1) is 0 Å². The summed E-state index contributed by atoms with van der Waals surface area (Å²) >= 11 is 0. The van der Waals surface area contributed by atoms with Gasteiger partial charge in [-0.1, -0.05) is 60.7 Å². The summed E-state index contributed by atoms with van der Waals surface area (Å²) in [5, 5.41) is 2.83. The first-order chi connectivity index (χ1) is 14.1. The Morgan fingerprint density at radius 2 is 1.55 bits per heavy atom. The van der Waals surface area contributed by atoms with Crippen molar-refractivity contribution < 1.29 is 17.9 Å². The summed E-state index contributed by atoms with van der Waals surface area (Å²) < 4.78 is 33.5. The van der Waals surface area contributed by atoms with Gasteiger partial charge in [0.15, 0.2) is 6.10 Å². The Morgan fingerprint density at radius 1 is 0.931 bits per heavy atom. The number of fused-ring (bicyclic) bond motifs is 1. The molecule has 7 heteroatoms. The highest BCUT2D eigenvalue weighted by Gasteiger charge is 2.37. The molecule has 0 spiro atoms. The van der Waals surface area contributed by atoms with Crippen molar-refractivity contribution in [2.24, 2.45) is 0 Å². The molecule has 0 radical (unpaired) electrons. The molecule has 0 unspecified atom stereocenters. The Morgan fingerprint density at radius 3 is 2.28 bits per heavy atom. The fraction of sp³-hybridized carbons (Fsp3) is 0.136. The maximum absolute atomic E-state index is 13.2. The summed E-state index contributed by atoms with van der Waals surface area (Å²) in [6.45, 7) is 0.238. The number of ether oxygens (including phenoxy) is 1. The summed E-state index contributed by atoms with van der Waals surface area (Å²) in [6, 6.07) is 24.5. The van der Waals surface area contributed by atoms with Gasteiger partial charge in [-0.25, -0.2) is 8.42 Å². The summed E-state index contributed by atoms with van der Waals surface area (Å²) in [6.07, 6.45) is -0.952. The number of hydrogen-bond acceptors (Lipinski definition) is 4. The van der Waals surface area contributed by atoms with Gasteiger partial charge in [0.2, 0.25) is 0 Å². The van der Waals surface area contributed by atoms with Gasteiger partial charge in [-0.05, 0) is 29.8 Å². The number of carbonyl (C=O) groups is 1.